The molecule has 0 aromatic heterocycles. The Bertz CT molecular complexity index is 572. The predicted molar refractivity (Wildman–Crippen MR) is 98.7 cm³/mol. The Morgan fingerprint density at radius 2 is 1.96 bits per heavy atom. The molecule has 0 saturated carbocycles. The Labute approximate surface area is 151 Å². The van der Waals surface area contributed by atoms with Gasteiger partial charge in [0.1, 0.15) is 6.54 Å². The fraction of sp³-hybridized carbons (Fsp3) is 0.765. The van der Waals surface area contributed by atoms with Gasteiger partial charge in [-0.25, -0.2) is 5.01 Å². The summed E-state index contributed by atoms with van der Waals surface area (Å²) in [5.74, 6) is 4.58. The maximum atomic E-state index is 13.1. The molecule has 2 fully saturated rings. The summed E-state index contributed by atoms with van der Waals surface area (Å²) in [7, 11) is 0. The zero-order valence-corrected chi connectivity index (χ0v) is 15.6. The molecule has 0 unspecified atom stereocenters. The van der Waals surface area contributed by atoms with Gasteiger partial charge in [0.25, 0.3) is 5.91 Å². The van der Waals surface area contributed by atoms with Gasteiger partial charge in [0.2, 0.25) is 5.91 Å². The highest BCUT2D eigenvalue weighted by Gasteiger charge is 2.50. The van der Waals surface area contributed by atoms with Crippen LogP contribution >= 0.6 is 23.5 Å². The summed E-state index contributed by atoms with van der Waals surface area (Å²) in [6.07, 6.45) is 5.65. The molecule has 2 saturated heterocycles. The van der Waals surface area contributed by atoms with Crippen LogP contribution in [0.25, 0.3) is 0 Å². The van der Waals surface area contributed by atoms with Crippen LogP contribution in [0.15, 0.2) is 11.3 Å². The maximum Gasteiger partial charge on any atom is 0.261 e. The van der Waals surface area contributed by atoms with Gasteiger partial charge in [-0.05, 0) is 54.9 Å². The number of rotatable bonds is 2. The topological polar surface area (TPSA) is 52.7 Å². The number of piperidine rings is 1. The van der Waals surface area contributed by atoms with E-state index in [0.29, 0.717) is 6.42 Å². The number of hydrogen-bond donors (Lipinski definition) is 1. The number of hydrazine groups is 1. The number of thioether (sulfide) groups is 2. The van der Waals surface area contributed by atoms with Gasteiger partial charge in [-0.2, -0.15) is 23.5 Å². The zero-order valence-electron chi connectivity index (χ0n) is 14.0. The summed E-state index contributed by atoms with van der Waals surface area (Å²) in [5, 5.41) is 1.92. The number of carbonyl (C=O) groups is 2. The van der Waals surface area contributed by atoms with Gasteiger partial charge in [-0.3, -0.25) is 15.0 Å². The van der Waals surface area contributed by atoms with Crippen LogP contribution in [0, 0.1) is 0 Å². The molecule has 5 nitrogen and oxygen atoms in total. The van der Waals surface area contributed by atoms with E-state index in [1.54, 1.807) is 4.90 Å². The van der Waals surface area contributed by atoms with Crippen molar-refractivity contribution in [1.82, 2.24) is 15.3 Å². The molecule has 24 heavy (non-hydrogen) atoms. The Balaban J connectivity index is 1.55. The van der Waals surface area contributed by atoms with E-state index in [-0.39, 0.29) is 23.9 Å². The Hall–Kier alpha value is -0.820. The average Bonchev–Trinajstić information content (AvgIpc) is 2.92. The van der Waals surface area contributed by atoms with Gasteiger partial charge >= 0.3 is 0 Å². The second-order valence-corrected chi connectivity index (χ2v) is 9.35. The van der Waals surface area contributed by atoms with E-state index in [1.807, 2.05) is 28.5 Å². The number of amides is 2. The highest BCUT2D eigenvalue weighted by atomic mass is 32.2. The van der Waals surface area contributed by atoms with Gasteiger partial charge < -0.3 is 4.90 Å². The number of fused-ring (bicyclic) bond motifs is 1. The maximum absolute atomic E-state index is 13.1. The summed E-state index contributed by atoms with van der Waals surface area (Å²) in [6.45, 7) is 0.957. The molecule has 0 aromatic carbocycles. The van der Waals surface area contributed by atoms with Gasteiger partial charge in [0.05, 0.1) is 5.54 Å². The first-order valence-corrected chi connectivity index (χ1v) is 11.3. The molecule has 0 bridgehead atoms. The second kappa shape index (κ2) is 6.83. The third kappa shape index (κ3) is 2.83. The number of likely N-dealkylation sites (tertiary alicyclic amines) is 1. The van der Waals surface area contributed by atoms with Crippen LogP contribution in [0.3, 0.4) is 0 Å². The minimum Gasteiger partial charge on any atom is -0.333 e. The minimum absolute atomic E-state index is 0.0663. The van der Waals surface area contributed by atoms with Crippen LogP contribution in [0.5, 0.6) is 0 Å². The minimum atomic E-state index is -0.135. The fourth-order valence-electron chi connectivity index (χ4n) is 4.30. The summed E-state index contributed by atoms with van der Waals surface area (Å²) in [5.41, 5.74) is 6.06. The fourth-order valence-corrected chi connectivity index (χ4v) is 6.61. The van der Waals surface area contributed by atoms with E-state index in [0.717, 1.165) is 61.7 Å². The molecule has 2 amide bonds. The first-order chi connectivity index (χ1) is 11.7. The molecule has 0 atom stereocenters. The lowest BCUT2D eigenvalue weighted by molar-refractivity contribution is -0.146. The van der Waals surface area contributed by atoms with Crippen LogP contribution in [-0.4, -0.2) is 63.4 Å². The van der Waals surface area contributed by atoms with Crippen molar-refractivity contribution in [2.45, 2.75) is 44.1 Å². The molecule has 4 rings (SSSR count). The lowest BCUT2D eigenvalue weighted by atomic mass is 9.83. The van der Waals surface area contributed by atoms with E-state index in [9.17, 15) is 9.59 Å². The predicted octanol–water partition coefficient (Wildman–Crippen LogP) is 2.00. The average molecular weight is 368 g/mol. The molecular weight excluding hydrogens is 342 g/mol. The Morgan fingerprint density at radius 3 is 2.75 bits per heavy atom. The third-order valence-electron chi connectivity index (χ3n) is 5.66. The van der Waals surface area contributed by atoms with Crippen LogP contribution in [0.4, 0.5) is 0 Å². The van der Waals surface area contributed by atoms with Crippen molar-refractivity contribution in [3.8, 4) is 0 Å². The standard InChI is InChI=1S/C17H25N3O2S2/c21-15-3-1-2-7-19(15)11-16(22)20-17(5-9-23-10-6-17)13-12-24-8-4-14(13)18-20/h18H,1-12H2. The van der Waals surface area contributed by atoms with E-state index < -0.39 is 0 Å². The van der Waals surface area contributed by atoms with Crippen molar-refractivity contribution in [2.24, 2.45) is 0 Å². The molecule has 0 radical (unpaired) electrons. The molecule has 0 aliphatic carbocycles. The van der Waals surface area contributed by atoms with Crippen LogP contribution in [0.1, 0.15) is 38.5 Å². The smallest absolute Gasteiger partial charge is 0.261 e. The van der Waals surface area contributed by atoms with Crippen LogP contribution in [0.2, 0.25) is 0 Å². The third-order valence-corrected chi connectivity index (χ3v) is 7.63. The first-order valence-electron chi connectivity index (χ1n) is 8.96. The molecular formula is C17H25N3O2S2. The van der Waals surface area contributed by atoms with E-state index in [1.165, 1.54) is 11.3 Å². The Morgan fingerprint density at radius 1 is 1.12 bits per heavy atom. The lowest BCUT2D eigenvalue weighted by Gasteiger charge is -2.43. The normalized spacial score (nSPS) is 26.6. The first kappa shape index (κ1) is 16.6. The largest absolute Gasteiger partial charge is 0.333 e. The number of carbonyl (C=O) groups excluding carboxylic acids is 2. The van der Waals surface area contributed by atoms with Crippen molar-refractivity contribution in [3.63, 3.8) is 0 Å². The summed E-state index contributed by atoms with van der Waals surface area (Å²) < 4.78 is 0. The van der Waals surface area contributed by atoms with Crippen LogP contribution < -0.4 is 5.43 Å². The van der Waals surface area contributed by atoms with Gasteiger partial charge in [-0.15, -0.1) is 0 Å². The van der Waals surface area contributed by atoms with Crippen molar-refractivity contribution in [1.29, 1.82) is 0 Å². The van der Waals surface area contributed by atoms with Crippen molar-refractivity contribution in [3.05, 3.63) is 11.3 Å². The highest BCUT2D eigenvalue weighted by molar-refractivity contribution is 7.99. The number of hydrogen-bond acceptors (Lipinski definition) is 5. The van der Waals surface area contributed by atoms with E-state index in [4.69, 9.17) is 0 Å². The molecule has 4 aliphatic heterocycles. The summed E-state index contributed by atoms with van der Waals surface area (Å²) in [4.78, 5) is 26.9. The summed E-state index contributed by atoms with van der Waals surface area (Å²) in [6, 6.07) is 0. The quantitative estimate of drug-likeness (QED) is 0.809. The summed E-state index contributed by atoms with van der Waals surface area (Å²) >= 11 is 3.97. The highest BCUT2D eigenvalue weighted by Crippen LogP contribution is 2.46. The lowest BCUT2D eigenvalue weighted by Crippen LogP contribution is -2.58. The molecule has 0 aromatic rings. The van der Waals surface area contributed by atoms with E-state index >= 15 is 0 Å². The number of allylic oxidation sites excluding steroid dienone is 1. The molecule has 4 heterocycles. The monoisotopic (exact) mass is 367 g/mol. The number of nitrogens with zero attached hydrogens (tertiary/aromatic N) is 2. The van der Waals surface area contributed by atoms with Crippen molar-refractivity contribution in [2.75, 3.05) is 36.1 Å². The van der Waals surface area contributed by atoms with Gasteiger partial charge in [0.15, 0.2) is 0 Å². The van der Waals surface area contributed by atoms with Gasteiger partial charge in [0, 0.05) is 24.4 Å². The van der Waals surface area contributed by atoms with E-state index in [2.05, 4.69) is 5.43 Å². The number of nitrogens with one attached hydrogen (secondary N) is 1. The van der Waals surface area contributed by atoms with Crippen molar-refractivity contribution < 1.29 is 9.59 Å². The zero-order chi connectivity index (χ0) is 16.6. The van der Waals surface area contributed by atoms with Gasteiger partial charge in [-0.1, -0.05) is 0 Å². The second-order valence-electron chi connectivity index (χ2n) is 7.02. The SMILES string of the molecule is O=C1CCCCN1CC(=O)N1NC2=C(CSCC2)C12CCSCC2. The Kier molecular flexibility index (Phi) is 4.73. The molecule has 4 aliphatic rings. The van der Waals surface area contributed by atoms with Crippen LogP contribution in [-0.2, 0) is 9.59 Å². The molecule has 132 valence electrons. The molecule has 1 spiro atoms. The van der Waals surface area contributed by atoms with Crippen molar-refractivity contribution >= 4 is 35.3 Å². The molecule has 1 N–H and O–H groups in total. The molecule has 7 heteroatoms.